The molecule has 4 rings (SSSR count). The molecule has 1 unspecified atom stereocenters. The van der Waals surface area contributed by atoms with Gasteiger partial charge in [0.1, 0.15) is 17.9 Å². The van der Waals surface area contributed by atoms with E-state index in [-0.39, 0.29) is 40.6 Å². The van der Waals surface area contributed by atoms with Crippen LogP contribution >= 0.6 is 11.6 Å². The van der Waals surface area contributed by atoms with Gasteiger partial charge in [-0.25, -0.2) is 13.2 Å². The van der Waals surface area contributed by atoms with Gasteiger partial charge in [0, 0.05) is 53.2 Å². The minimum atomic E-state index is -2.92. The van der Waals surface area contributed by atoms with Gasteiger partial charge in [-0.1, -0.05) is 29.8 Å². The summed E-state index contributed by atoms with van der Waals surface area (Å²) >= 11 is 6.41. The van der Waals surface area contributed by atoms with Gasteiger partial charge in [-0.05, 0) is 36.9 Å². The molecule has 0 bridgehead atoms. The molecule has 0 aromatic heterocycles. The van der Waals surface area contributed by atoms with Gasteiger partial charge in [0.05, 0.1) is 0 Å². The third-order valence-electron chi connectivity index (χ3n) is 6.37. The molecule has 200 valence electrons. The summed E-state index contributed by atoms with van der Waals surface area (Å²) in [5.41, 5.74) is 5.09. The molecule has 4 N–H and O–H groups in total. The maximum atomic E-state index is 14.8. The highest BCUT2D eigenvalue weighted by Gasteiger charge is 2.47. The Morgan fingerprint density at radius 1 is 1.18 bits per heavy atom. The zero-order valence-electron chi connectivity index (χ0n) is 19.9. The lowest BCUT2D eigenvalue weighted by molar-refractivity contribution is -0.133. The van der Waals surface area contributed by atoms with Crippen LogP contribution in [0, 0.1) is 5.82 Å². The second kappa shape index (κ2) is 10.9. The van der Waals surface area contributed by atoms with Gasteiger partial charge < -0.3 is 16.4 Å². The third-order valence-corrected chi connectivity index (χ3v) is 6.71. The molecule has 3 amide bonds. The molecule has 0 spiro atoms. The predicted molar refractivity (Wildman–Crippen MR) is 133 cm³/mol. The van der Waals surface area contributed by atoms with Crippen molar-refractivity contribution in [2.24, 2.45) is 5.73 Å². The maximum absolute atomic E-state index is 14.8. The number of allylic oxidation sites excluding steroid dienone is 1. The van der Waals surface area contributed by atoms with E-state index in [0.29, 0.717) is 0 Å². The fraction of sp³-hybridized carbons (Fsp3) is 0.308. The van der Waals surface area contributed by atoms with E-state index in [1.54, 1.807) is 12.1 Å². The van der Waals surface area contributed by atoms with E-state index in [2.05, 4.69) is 10.6 Å². The number of halogens is 4. The minimum Gasteiger partial charge on any atom is -0.404 e. The van der Waals surface area contributed by atoms with Gasteiger partial charge in [0.2, 0.25) is 11.8 Å². The van der Waals surface area contributed by atoms with Crippen molar-refractivity contribution in [3.8, 4) is 0 Å². The number of amides is 3. The third kappa shape index (κ3) is 5.83. The van der Waals surface area contributed by atoms with Crippen LogP contribution in [-0.2, 0) is 14.4 Å². The lowest BCUT2D eigenvalue weighted by atomic mass is 9.87. The van der Waals surface area contributed by atoms with Gasteiger partial charge in [0.15, 0.2) is 5.78 Å². The minimum absolute atomic E-state index is 0.0541. The fourth-order valence-electron chi connectivity index (χ4n) is 4.55. The molecule has 2 aromatic carbocycles. The zero-order valence-corrected chi connectivity index (χ0v) is 20.7. The normalized spacial score (nSPS) is 19.5. The molecule has 1 saturated heterocycles. The second-order valence-corrected chi connectivity index (χ2v) is 9.59. The van der Waals surface area contributed by atoms with E-state index in [1.165, 1.54) is 18.2 Å². The summed E-state index contributed by atoms with van der Waals surface area (Å²) in [4.78, 5) is 52.8. The Hall–Kier alpha value is -3.86. The predicted octanol–water partition coefficient (Wildman–Crippen LogP) is 3.40. The van der Waals surface area contributed by atoms with Gasteiger partial charge in [0.25, 0.3) is 11.8 Å². The van der Waals surface area contributed by atoms with Crippen LogP contribution in [0.1, 0.15) is 47.6 Å². The first-order valence-electron chi connectivity index (χ1n) is 11.8. The number of hydrogen-bond donors (Lipinski definition) is 3. The first-order valence-corrected chi connectivity index (χ1v) is 12.1. The first-order chi connectivity index (χ1) is 18.0. The highest BCUT2D eigenvalue weighted by Crippen LogP contribution is 2.39. The summed E-state index contributed by atoms with van der Waals surface area (Å²) in [5, 5.41) is 5.14. The van der Waals surface area contributed by atoms with Crippen molar-refractivity contribution < 1.29 is 32.3 Å². The Kier molecular flexibility index (Phi) is 7.77. The van der Waals surface area contributed by atoms with E-state index >= 15 is 0 Å². The number of hydrogen-bond acceptors (Lipinski definition) is 5. The van der Waals surface area contributed by atoms with Crippen molar-refractivity contribution in [1.29, 1.82) is 0 Å². The SMILES string of the molecule is N/C=C\C(=O)c1cc(F)cc(N(C(=O)[C@@H]2CCC(=O)N2)C(C(=O)NC2CC(F)(F)C2)c2ccccc2Cl)c1. The molecule has 1 saturated carbocycles. The number of ketones is 1. The van der Waals surface area contributed by atoms with Gasteiger partial charge in [-0.15, -0.1) is 0 Å². The quantitative estimate of drug-likeness (QED) is 0.345. The molecular weight excluding hydrogens is 525 g/mol. The van der Waals surface area contributed by atoms with Crippen molar-refractivity contribution in [2.45, 2.75) is 49.7 Å². The van der Waals surface area contributed by atoms with Crippen LogP contribution < -0.4 is 21.3 Å². The number of carbonyl (C=O) groups excluding carboxylic acids is 4. The van der Waals surface area contributed by atoms with Crippen LogP contribution in [0.2, 0.25) is 5.02 Å². The average Bonchev–Trinajstić information content (AvgIpc) is 3.27. The topological polar surface area (TPSA) is 122 Å². The van der Waals surface area contributed by atoms with Gasteiger partial charge in [-0.3, -0.25) is 24.1 Å². The Balaban J connectivity index is 1.84. The molecule has 1 aliphatic carbocycles. The standard InChI is InChI=1S/C26H24ClF3N4O4/c27-19-4-2-1-3-18(19)23(24(37)32-16-12-26(29,30)13-16)34(25(38)20-5-6-22(36)33-20)17-10-14(9-15(28)11-17)21(35)7-8-31/h1-4,7-11,16,20,23H,5-6,12-13,31H2,(H,32,37)(H,33,36)/b8-7-/t20-,23?/m0/s1. The smallest absolute Gasteiger partial charge is 0.252 e. The monoisotopic (exact) mass is 548 g/mol. The fourth-order valence-corrected chi connectivity index (χ4v) is 4.79. The number of nitrogens with zero attached hydrogens (tertiary/aromatic N) is 1. The summed E-state index contributed by atoms with van der Waals surface area (Å²) < 4.78 is 41.7. The first kappa shape index (κ1) is 27.2. The summed E-state index contributed by atoms with van der Waals surface area (Å²) in [6.45, 7) is 0. The average molecular weight is 549 g/mol. The molecule has 8 nitrogen and oxygen atoms in total. The molecule has 1 heterocycles. The van der Waals surface area contributed by atoms with E-state index in [9.17, 15) is 32.3 Å². The van der Waals surface area contributed by atoms with E-state index in [0.717, 1.165) is 29.3 Å². The van der Waals surface area contributed by atoms with Gasteiger partial charge >= 0.3 is 0 Å². The van der Waals surface area contributed by atoms with Crippen molar-refractivity contribution >= 4 is 40.8 Å². The second-order valence-electron chi connectivity index (χ2n) is 9.18. The Morgan fingerprint density at radius 3 is 2.50 bits per heavy atom. The Labute approximate surface area is 221 Å². The zero-order chi connectivity index (χ0) is 27.6. The molecule has 2 aromatic rings. The number of benzene rings is 2. The van der Waals surface area contributed by atoms with Crippen molar-refractivity contribution in [3.63, 3.8) is 0 Å². The van der Waals surface area contributed by atoms with Crippen LogP contribution in [0.4, 0.5) is 18.9 Å². The summed E-state index contributed by atoms with van der Waals surface area (Å²) in [7, 11) is 0. The largest absolute Gasteiger partial charge is 0.404 e. The molecular formula is C26H24ClF3N4O4. The number of nitrogens with one attached hydrogen (secondary N) is 2. The Bertz CT molecular complexity index is 1310. The van der Waals surface area contributed by atoms with Crippen molar-refractivity contribution in [2.75, 3.05) is 4.90 Å². The van der Waals surface area contributed by atoms with Crippen molar-refractivity contribution in [1.82, 2.24) is 10.6 Å². The van der Waals surface area contributed by atoms with Crippen LogP contribution in [0.25, 0.3) is 0 Å². The number of carbonyl (C=O) groups is 4. The lowest BCUT2D eigenvalue weighted by Crippen LogP contribution is -2.55. The van der Waals surface area contributed by atoms with E-state index in [1.807, 2.05) is 0 Å². The molecule has 2 atom stereocenters. The lowest BCUT2D eigenvalue weighted by Gasteiger charge is -2.38. The molecule has 1 aliphatic heterocycles. The van der Waals surface area contributed by atoms with Crippen LogP contribution in [0.5, 0.6) is 0 Å². The van der Waals surface area contributed by atoms with Crippen molar-refractivity contribution in [3.05, 3.63) is 76.7 Å². The van der Waals surface area contributed by atoms with Crippen LogP contribution in [0.3, 0.4) is 0 Å². The summed E-state index contributed by atoms with van der Waals surface area (Å²) in [6, 6.07) is 5.73. The summed E-state index contributed by atoms with van der Waals surface area (Å²) in [5.74, 6) is -6.47. The van der Waals surface area contributed by atoms with E-state index in [4.69, 9.17) is 17.3 Å². The molecule has 0 radical (unpaired) electrons. The van der Waals surface area contributed by atoms with Gasteiger partial charge in [-0.2, -0.15) is 0 Å². The number of alkyl halides is 2. The van der Waals surface area contributed by atoms with E-state index < -0.39 is 60.3 Å². The van der Waals surface area contributed by atoms with Crippen LogP contribution in [-0.4, -0.2) is 41.5 Å². The summed E-state index contributed by atoms with van der Waals surface area (Å²) in [6.07, 6.45) is 0.972. The molecule has 2 aliphatic rings. The molecule has 2 fully saturated rings. The molecule has 12 heteroatoms. The maximum Gasteiger partial charge on any atom is 0.252 e. The van der Waals surface area contributed by atoms with Crippen LogP contribution in [0.15, 0.2) is 54.7 Å². The highest BCUT2D eigenvalue weighted by molar-refractivity contribution is 6.31. The number of rotatable bonds is 8. The Morgan fingerprint density at radius 2 is 1.89 bits per heavy atom. The highest BCUT2D eigenvalue weighted by atomic mass is 35.5. The number of anilines is 1. The number of nitrogens with two attached hydrogens (primary N) is 1. The molecule has 38 heavy (non-hydrogen) atoms.